The van der Waals surface area contributed by atoms with Crippen LogP contribution in [-0.2, 0) is 9.47 Å². The maximum absolute atomic E-state index is 12.7. The van der Waals surface area contributed by atoms with Crippen molar-refractivity contribution in [3.8, 4) is 0 Å². The number of nitrogens with zero attached hydrogens (tertiary/aromatic N) is 1. The monoisotopic (exact) mass is 314 g/mol. The number of aromatic nitrogens is 1. The Morgan fingerprint density at radius 3 is 3.04 bits per heavy atom. The van der Waals surface area contributed by atoms with Crippen LogP contribution in [0.1, 0.15) is 23.3 Å². The number of methoxy groups -OCH3 is 1. The molecule has 23 heavy (non-hydrogen) atoms. The number of para-hydroxylation sites is 1. The number of amides is 1. The Hall–Kier alpha value is -1.85. The molecule has 1 aromatic carbocycles. The lowest BCUT2D eigenvalue weighted by molar-refractivity contribution is -0.120. The highest BCUT2D eigenvalue weighted by molar-refractivity contribution is 5.98. The van der Waals surface area contributed by atoms with E-state index < -0.39 is 0 Å². The first-order valence-electron chi connectivity index (χ1n) is 8.22. The van der Waals surface area contributed by atoms with Gasteiger partial charge in [0.1, 0.15) is 11.3 Å². The third-order valence-corrected chi connectivity index (χ3v) is 5.23. The lowest BCUT2D eigenvalue weighted by Crippen LogP contribution is -2.66. The van der Waals surface area contributed by atoms with Gasteiger partial charge in [-0.3, -0.25) is 4.79 Å². The number of fused-ring (bicyclic) bond motifs is 1. The summed E-state index contributed by atoms with van der Waals surface area (Å²) in [6, 6.07) is 9.89. The molecule has 2 aliphatic heterocycles. The number of carbonyl (C=O) groups is 1. The van der Waals surface area contributed by atoms with Crippen LogP contribution in [0.25, 0.3) is 10.9 Å². The number of hydrogen-bond acceptors (Lipinski definition) is 3. The summed E-state index contributed by atoms with van der Waals surface area (Å²) in [6.45, 7) is 2.93. The standard InChI is InChI=1S/C18H22N2O3/c1-22-8-6-14-7-9-23-18(14)11-20(12-18)17(21)16-10-13-4-2-3-5-15(13)19-16/h2-5,10,14,19H,6-9,11-12H2,1H3/t14-/m1/s1. The molecule has 3 heterocycles. The van der Waals surface area contributed by atoms with Crippen molar-refractivity contribution in [1.82, 2.24) is 9.88 Å². The number of H-pyrrole nitrogens is 1. The van der Waals surface area contributed by atoms with Crippen LogP contribution >= 0.6 is 0 Å². The van der Waals surface area contributed by atoms with E-state index in [0.717, 1.165) is 37.0 Å². The number of rotatable bonds is 4. The lowest BCUT2D eigenvalue weighted by Gasteiger charge is -2.50. The molecule has 0 radical (unpaired) electrons. The Bertz CT molecular complexity index is 685. The first kappa shape index (κ1) is 14.7. The molecule has 1 amide bonds. The van der Waals surface area contributed by atoms with Crippen LogP contribution in [0.5, 0.6) is 0 Å². The maximum atomic E-state index is 12.7. The summed E-state index contributed by atoms with van der Waals surface area (Å²) in [7, 11) is 1.73. The topological polar surface area (TPSA) is 54.6 Å². The number of benzene rings is 1. The molecule has 1 N–H and O–H groups in total. The summed E-state index contributed by atoms with van der Waals surface area (Å²) < 4.78 is 11.2. The summed E-state index contributed by atoms with van der Waals surface area (Å²) in [5.74, 6) is 0.557. The highest BCUT2D eigenvalue weighted by atomic mass is 16.5. The minimum Gasteiger partial charge on any atom is -0.385 e. The van der Waals surface area contributed by atoms with Crippen LogP contribution in [0.3, 0.4) is 0 Å². The van der Waals surface area contributed by atoms with Gasteiger partial charge in [-0.1, -0.05) is 18.2 Å². The van der Waals surface area contributed by atoms with Gasteiger partial charge in [-0.05, 0) is 30.9 Å². The van der Waals surface area contributed by atoms with Crippen LogP contribution in [0, 0.1) is 5.92 Å². The zero-order valence-electron chi connectivity index (χ0n) is 13.4. The summed E-state index contributed by atoms with van der Waals surface area (Å²) in [6.07, 6.45) is 2.07. The number of ether oxygens (including phenoxy) is 2. The molecule has 2 aliphatic rings. The molecule has 2 aromatic rings. The first-order valence-corrected chi connectivity index (χ1v) is 8.22. The molecule has 1 atom stereocenters. The molecule has 2 fully saturated rings. The zero-order valence-corrected chi connectivity index (χ0v) is 13.4. The van der Waals surface area contributed by atoms with Gasteiger partial charge in [0.15, 0.2) is 0 Å². The minimum absolute atomic E-state index is 0.0628. The summed E-state index contributed by atoms with van der Waals surface area (Å²) in [5.41, 5.74) is 1.52. The third-order valence-electron chi connectivity index (χ3n) is 5.23. The largest absolute Gasteiger partial charge is 0.385 e. The third kappa shape index (κ3) is 2.44. The van der Waals surface area contributed by atoms with Crippen LogP contribution in [0.15, 0.2) is 30.3 Å². The van der Waals surface area contributed by atoms with Crippen molar-refractivity contribution in [2.24, 2.45) is 5.92 Å². The van der Waals surface area contributed by atoms with Gasteiger partial charge in [0.2, 0.25) is 0 Å². The molecule has 0 bridgehead atoms. The molecule has 2 saturated heterocycles. The highest BCUT2D eigenvalue weighted by Crippen LogP contribution is 2.42. The molecule has 0 unspecified atom stereocenters. The molecule has 0 saturated carbocycles. The smallest absolute Gasteiger partial charge is 0.270 e. The maximum Gasteiger partial charge on any atom is 0.270 e. The van der Waals surface area contributed by atoms with Crippen LogP contribution < -0.4 is 0 Å². The number of nitrogens with one attached hydrogen (secondary N) is 1. The number of hydrogen-bond donors (Lipinski definition) is 1. The van der Waals surface area contributed by atoms with E-state index in [1.807, 2.05) is 35.2 Å². The molecule has 1 aromatic heterocycles. The summed E-state index contributed by atoms with van der Waals surface area (Å²) >= 11 is 0. The Balaban J connectivity index is 1.45. The first-order chi connectivity index (χ1) is 11.2. The van der Waals surface area contributed by atoms with Crippen molar-refractivity contribution in [2.75, 3.05) is 33.4 Å². The minimum atomic E-state index is -0.139. The molecule has 4 rings (SSSR count). The molecule has 5 heteroatoms. The van der Waals surface area contributed by atoms with Gasteiger partial charge >= 0.3 is 0 Å². The lowest BCUT2D eigenvalue weighted by atomic mass is 9.79. The zero-order chi connectivity index (χ0) is 15.9. The quantitative estimate of drug-likeness (QED) is 0.943. The molecular weight excluding hydrogens is 292 g/mol. The average molecular weight is 314 g/mol. The van der Waals surface area contributed by atoms with Gasteiger partial charge < -0.3 is 19.4 Å². The van der Waals surface area contributed by atoms with Gasteiger partial charge in [0.05, 0.1) is 13.1 Å². The Morgan fingerprint density at radius 2 is 2.26 bits per heavy atom. The number of likely N-dealkylation sites (tertiary alicyclic amines) is 1. The summed E-state index contributed by atoms with van der Waals surface area (Å²) in [4.78, 5) is 17.8. The van der Waals surface area contributed by atoms with Crippen LogP contribution in [0.4, 0.5) is 0 Å². The SMILES string of the molecule is COCC[C@@H]1CCOC12CN(C(=O)c1cc3ccccc3[nH]1)C2. The molecule has 1 spiro atoms. The second-order valence-electron chi connectivity index (χ2n) is 6.61. The van der Waals surface area contributed by atoms with Crippen LogP contribution in [0.2, 0.25) is 0 Å². The van der Waals surface area contributed by atoms with Crippen molar-refractivity contribution in [3.63, 3.8) is 0 Å². The summed E-state index contributed by atoms with van der Waals surface area (Å²) in [5, 5.41) is 1.07. The number of carbonyl (C=O) groups excluding carboxylic acids is 1. The predicted octanol–water partition coefficient (Wildman–Crippen LogP) is 2.44. The van der Waals surface area contributed by atoms with Gasteiger partial charge in [0, 0.05) is 31.2 Å². The van der Waals surface area contributed by atoms with E-state index in [9.17, 15) is 4.79 Å². The normalized spacial score (nSPS) is 22.7. The van der Waals surface area contributed by atoms with Gasteiger partial charge in [-0.15, -0.1) is 0 Å². The predicted molar refractivity (Wildman–Crippen MR) is 87.5 cm³/mol. The van der Waals surface area contributed by atoms with Gasteiger partial charge in [-0.2, -0.15) is 0 Å². The Labute approximate surface area is 135 Å². The van der Waals surface area contributed by atoms with E-state index in [2.05, 4.69) is 4.98 Å². The Morgan fingerprint density at radius 1 is 1.43 bits per heavy atom. The molecule has 122 valence electrons. The average Bonchev–Trinajstić information content (AvgIpc) is 3.14. The van der Waals surface area contributed by atoms with E-state index in [4.69, 9.17) is 9.47 Å². The highest BCUT2D eigenvalue weighted by Gasteiger charge is 2.54. The second-order valence-corrected chi connectivity index (χ2v) is 6.61. The van der Waals surface area contributed by atoms with Gasteiger partial charge in [0.25, 0.3) is 5.91 Å². The van der Waals surface area contributed by atoms with Crippen molar-refractivity contribution in [3.05, 3.63) is 36.0 Å². The molecular formula is C18H22N2O3. The molecule has 5 nitrogen and oxygen atoms in total. The Kier molecular flexibility index (Phi) is 3.62. The molecule has 0 aliphatic carbocycles. The fraction of sp³-hybridized carbons (Fsp3) is 0.500. The van der Waals surface area contributed by atoms with Crippen molar-refractivity contribution in [2.45, 2.75) is 18.4 Å². The van der Waals surface area contributed by atoms with Crippen LogP contribution in [-0.4, -0.2) is 54.8 Å². The van der Waals surface area contributed by atoms with E-state index in [1.54, 1.807) is 7.11 Å². The van der Waals surface area contributed by atoms with E-state index >= 15 is 0 Å². The van der Waals surface area contributed by atoms with E-state index in [-0.39, 0.29) is 11.5 Å². The van der Waals surface area contributed by atoms with E-state index in [0.29, 0.717) is 24.7 Å². The number of aromatic amines is 1. The van der Waals surface area contributed by atoms with Gasteiger partial charge in [-0.25, -0.2) is 0 Å². The second kappa shape index (κ2) is 5.65. The fourth-order valence-electron chi connectivity index (χ4n) is 3.90. The van der Waals surface area contributed by atoms with E-state index in [1.165, 1.54) is 0 Å². The van der Waals surface area contributed by atoms with Crippen molar-refractivity contribution < 1.29 is 14.3 Å². The van der Waals surface area contributed by atoms with Crippen molar-refractivity contribution >= 4 is 16.8 Å². The van der Waals surface area contributed by atoms with Crippen molar-refractivity contribution in [1.29, 1.82) is 0 Å². The fourth-order valence-corrected chi connectivity index (χ4v) is 3.90.